The van der Waals surface area contributed by atoms with Crippen LogP contribution in [0.5, 0.6) is 0 Å². The quantitative estimate of drug-likeness (QED) is 0.606. The molecular weight excluding hydrogens is 206 g/mol. The summed E-state index contributed by atoms with van der Waals surface area (Å²) < 4.78 is 24.9. The van der Waals surface area contributed by atoms with Gasteiger partial charge in [-0.2, -0.15) is 0 Å². The van der Waals surface area contributed by atoms with E-state index in [2.05, 4.69) is 12.6 Å². The molecule has 14 heavy (non-hydrogen) atoms. The summed E-state index contributed by atoms with van der Waals surface area (Å²) in [6, 6.07) is 4.44. The van der Waals surface area contributed by atoms with Crippen LogP contribution in [-0.4, -0.2) is 6.29 Å². The lowest BCUT2D eigenvalue weighted by atomic mass is 10.0. The molecule has 0 aliphatic carbocycles. The third kappa shape index (κ3) is 2.32. The van der Waals surface area contributed by atoms with Crippen LogP contribution in [0.15, 0.2) is 23.1 Å². The van der Waals surface area contributed by atoms with Crippen LogP contribution in [-0.2, 0) is 4.79 Å². The number of thiol groups is 1. The maximum absolute atomic E-state index is 12.4. The molecule has 1 unspecified atom stereocenters. The number of rotatable bonds is 3. The molecule has 0 heterocycles. The molecule has 0 bridgehead atoms. The molecule has 1 aromatic rings. The summed E-state index contributed by atoms with van der Waals surface area (Å²) >= 11 is 3.91. The first kappa shape index (κ1) is 11.2. The van der Waals surface area contributed by atoms with E-state index in [1.165, 1.54) is 12.1 Å². The average Bonchev–Trinajstić information content (AvgIpc) is 2.17. The molecule has 76 valence electrons. The van der Waals surface area contributed by atoms with Crippen molar-refractivity contribution in [2.45, 2.75) is 24.2 Å². The zero-order valence-corrected chi connectivity index (χ0v) is 8.47. The van der Waals surface area contributed by atoms with Crippen molar-refractivity contribution in [3.05, 3.63) is 29.3 Å². The second-order valence-electron chi connectivity index (χ2n) is 3.04. The minimum atomic E-state index is -2.55. The fourth-order valence-corrected chi connectivity index (χ4v) is 1.35. The lowest BCUT2D eigenvalue weighted by Crippen LogP contribution is -1.97. The molecule has 1 atom stereocenters. The summed E-state index contributed by atoms with van der Waals surface area (Å²) in [5, 5.41) is 0. The van der Waals surface area contributed by atoms with E-state index in [-0.39, 0.29) is 16.4 Å². The van der Waals surface area contributed by atoms with Crippen molar-refractivity contribution in [2.24, 2.45) is 0 Å². The van der Waals surface area contributed by atoms with Crippen molar-refractivity contribution >= 4 is 18.9 Å². The zero-order chi connectivity index (χ0) is 10.7. The predicted molar refractivity (Wildman–Crippen MR) is 53.1 cm³/mol. The summed E-state index contributed by atoms with van der Waals surface area (Å²) in [7, 11) is 0. The van der Waals surface area contributed by atoms with E-state index in [1.54, 1.807) is 13.0 Å². The Kier molecular flexibility index (Phi) is 3.63. The molecule has 0 spiro atoms. The monoisotopic (exact) mass is 216 g/mol. The van der Waals surface area contributed by atoms with E-state index >= 15 is 0 Å². The second-order valence-corrected chi connectivity index (χ2v) is 3.53. The van der Waals surface area contributed by atoms with Gasteiger partial charge in [-0.1, -0.05) is 13.0 Å². The van der Waals surface area contributed by atoms with E-state index in [0.717, 1.165) is 6.29 Å². The van der Waals surface area contributed by atoms with E-state index in [1.807, 2.05) is 0 Å². The van der Waals surface area contributed by atoms with Gasteiger partial charge in [0, 0.05) is 16.4 Å². The predicted octanol–water partition coefficient (Wildman–Crippen LogP) is 3.22. The van der Waals surface area contributed by atoms with Crippen molar-refractivity contribution in [2.75, 3.05) is 0 Å². The first-order valence-electron chi connectivity index (χ1n) is 4.12. The average molecular weight is 216 g/mol. The smallest absolute Gasteiger partial charge is 0.264 e. The fourth-order valence-electron chi connectivity index (χ4n) is 1.11. The van der Waals surface area contributed by atoms with Gasteiger partial charge in [0.1, 0.15) is 6.29 Å². The Balaban J connectivity index is 3.12. The summed E-state index contributed by atoms with van der Waals surface area (Å²) in [6.45, 7) is 1.66. The number of aldehydes is 1. The lowest BCUT2D eigenvalue weighted by molar-refractivity contribution is -0.108. The lowest BCUT2D eigenvalue weighted by Gasteiger charge is -2.09. The maximum atomic E-state index is 12.4. The standard InChI is InChI=1S/C10H10F2OS/c1-6(5-13)7-2-3-9(14)8(4-7)10(11)12/h2-6,10,14H,1H3. The third-order valence-corrected chi connectivity index (χ3v) is 2.42. The number of alkyl halides is 2. The van der Waals surface area contributed by atoms with E-state index in [0.29, 0.717) is 5.56 Å². The van der Waals surface area contributed by atoms with Gasteiger partial charge < -0.3 is 4.79 Å². The Morgan fingerprint density at radius 1 is 1.43 bits per heavy atom. The highest BCUT2D eigenvalue weighted by Gasteiger charge is 2.13. The largest absolute Gasteiger partial charge is 0.303 e. The Morgan fingerprint density at radius 3 is 2.57 bits per heavy atom. The Labute approximate surface area is 86.5 Å². The molecule has 0 saturated heterocycles. The molecule has 0 radical (unpaired) electrons. The van der Waals surface area contributed by atoms with Crippen molar-refractivity contribution < 1.29 is 13.6 Å². The molecular formula is C10H10F2OS. The first-order chi connectivity index (χ1) is 6.56. The first-order valence-corrected chi connectivity index (χ1v) is 4.57. The van der Waals surface area contributed by atoms with Crippen molar-refractivity contribution in [1.82, 2.24) is 0 Å². The molecule has 0 aromatic heterocycles. The second kappa shape index (κ2) is 4.55. The number of carbonyl (C=O) groups is 1. The highest BCUT2D eigenvalue weighted by atomic mass is 32.1. The molecule has 0 saturated carbocycles. The molecule has 1 aromatic carbocycles. The van der Waals surface area contributed by atoms with Gasteiger partial charge in [0.05, 0.1) is 0 Å². The summed E-state index contributed by atoms with van der Waals surface area (Å²) in [4.78, 5) is 10.7. The molecule has 1 nitrogen and oxygen atoms in total. The van der Waals surface area contributed by atoms with Gasteiger partial charge in [0.25, 0.3) is 6.43 Å². The Bertz CT molecular complexity index is 339. The summed E-state index contributed by atoms with van der Waals surface area (Å²) in [5.74, 6) is -0.360. The van der Waals surface area contributed by atoms with E-state index < -0.39 is 6.43 Å². The van der Waals surface area contributed by atoms with Gasteiger partial charge in [-0.05, 0) is 17.7 Å². The van der Waals surface area contributed by atoms with Crippen LogP contribution < -0.4 is 0 Å². The van der Waals surface area contributed by atoms with Crippen LogP contribution in [0, 0.1) is 0 Å². The summed E-state index contributed by atoms with van der Waals surface area (Å²) in [6.07, 6.45) is -1.83. The normalized spacial score (nSPS) is 12.9. The van der Waals surface area contributed by atoms with Gasteiger partial charge in [0.15, 0.2) is 0 Å². The SMILES string of the molecule is CC(C=O)c1ccc(S)c(C(F)F)c1. The van der Waals surface area contributed by atoms with Gasteiger partial charge in [-0.25, -0.2) is 8.78 Å². The van der Waals surface area contributed by atoms with Crippen molar-refractivity contribution in [3.63, 3.8) is 0 Å². The van der Waals surface area contributed by atoms with Crippen molar-refractivity contribution in [3.8, 4) is 0 Å². The molecule has 4 heteroatoms. The van der Waals surface area contributed by atoms with Crippen LogP contribution in [0.3, 0.4) is 0 Å². The Morgan fingerprint density at radius 2 is 2.07 bits per heavy atom. The fraction of sp³-hybridized carbons (Fsp3) is 0.300. The Hall–Kier alpha value is -0.900. The minimum absolute atomic E-state index is 0.125. The van der Waals surface area contributed by atoms with Crippen LogP contribution >= 0.6 is 12.6 Å². The molecule has 0 N–H and O–H groups in total. The van der Waals surface area contributed by atoms with Gasteiger partial charge >= 0.3 is 0 Å². The highest BCUT2D eigenvalue weighted by molar-refractivity contribution is 7.80. The van der Waals surface area contributed by atoms with Crippen LogP contribution in [0.2, 0.25) is 0 Å². The zero-order valence-electron chi connectivity index (χ0n) is 7.58. The van der Waals surface area contributed by atoms with E-state index in [9.17, 15) is 13.6 Å². The van der Waals surface area contributed by atoms with Crippen LogP contribution in [0.4, 0.5) is 8.78 Å². The number of benzene rings is 1. The molecule has 0 aliphatic rings. The van der Waals surface area contributed by atoms with Gasteiger partial charge in [-0.3, -0.25) is 0 Å². The number of halogens is 2. The van der Waals surface area contributed by atoms with E-state index in [4.69, 9.17) is 0 Å². The number of hydrogen-bond acceptors (Lipinski definition) is 2. The minimum Gasteiger partial charge on any atom is -0.303 e. The molecule has 0 amide bonds. The molecule has 1 rings (SSSR count). The van der Waals surface area contributed by atoms with Crippen LogP contribution in [0.25, 0.3) is 0 Å². The van der Waals surface area contributed by atoms with Gasteiger partial charge in [0.2, 0.25) is 0 Å². The van der Waals surface area contributed by atoms with Crippen LogP contribution in [0.1, 0.15) is 30.4 Å². The third-order valence-electron chi connectivity index (χ3n) is 2.02. The highest BCUT2D eigenvalue weighted by Crippen LogP contribution is 2.28. The molecule has 0 aliphatic heterocycles. The maximum Gasteiger partial charge on any atom is 0.264 e. The van der Waals surface area contributed by atoms with Gasteiger partial charge in [-0.15, -0.1) is 12.6 Å². The van der Waals surface area contributed by atoms with Crippen molar-refractivity contribution in [1.29, 1.82) is 0 Å². The number of carbonyl (C=O) groups excluding carboxylic acids is 1. The molecule has 0 fully saturated rings. The topological polar surface area (TPSA) is 17.1 Å². The number of hydrogen-bond donors (Lipinski definition) is 1. The summed E-state index contributed by atoms with van der Waals surface area (Å²) in [5.41, 5.74) is 0.465.